The van der Waals surface area contributed by atoms with Gasteiger partial charge in [0.1, 0.15) is 6.04 Å². The maximum Gasteiger partial charge on any atom is 0.326 e. The van der Waals surface area contributed by atoms with Gasteiger partial charge in [-0.3, -0.25) is 0 Å². The maximum atomic E-state index is 12.0. The number of carboxylic acids is 1. The van der Waals surface area contributed by atoms with E-state index < -0.39 is 12.0 Å². The average Bonchev–Trinajstić information content (AvgIpc) is 2.90. The van der Waals surface area contributed by atoms with E-state index in [4.69, 9.17) is 28.3 Å². The van der Waals surface area contributed by atoms with Crippen molar-refractivity contribution in [3.63, 3.8) is 0 Å². The van der Waals surface area contributed by atoms with Crippen LogP contribution in [0.15, 0.2) is 18.2 Å². The molecule has 0 unspecified atom stereocenters. The Kier molecular flexibility index (Phi) is 5.31. The van der Waals surface area contributed by atoms with Gasteiger partial charge in [-0.05, 0) is 37.0 Å². The fraction of sp³-hybridized carbons (Fsp3) is 0.429. The topological polar surface area (TPSA) is 69.6 Å². The zero-order valence-corrected chi connectivity index (χ0v) is 12.8. The Balaban J connectivity index is 1.85. The SMILES string of the molecule is O=C(O)[C@H]1CCCN1C(=O)NCCc1ccc(Cl)cc1Cl. The molecule has 5 nitrogen and oxygen atoms in total. The molecule has 0 radical (unpaired) electrons. The molecule has 1 aliphatic heterocycles. The fourth-order valence-electron chi connectivity index (χ4n) is 2.40. The Labute approximate surface area is 132 Å². The minimum atomic E-state index is -0.955. The van der Waals surface area contributed by atoms with Crippen LogP contribution in [-0.4, -0.2) is 41.1 Å². The number of likely N-dealkylation sites (tertiary alicyclic amines) is 1. The fourth-order valence-corrected chi connectivity index (χ4v) is 2.90. The van der Waals surface area contributed by atoms with Crippen LogP contribution in [0.2, 0.25) is 10.0 Å². The van der Waals surface area contributed by atoms with Gasteiger partial charge in [0.2, 0.25) is 0 Å². The molecule has 0 spiro atoms. The number of benzene rings is 1. The molecular weight excluding hydrogens is 315 g/mol. The summed E-state index contributed by atoms with van der Waals surface area (Å²) in [6, 6.07) is 4.15. The van der Waals surface area contributed by atoms with Gasteiger partial charge in [0.15, 0.2) is 0 Å². The first-order valence-corrected chi connectivity index (χ1v) is 7.46. The zero-order chi connectivity index (χ0) is 15.4. The van der Waals surface area contributed by atoms with Crippen LogP contribution in [0.5, 0.6) is 0 Å². The van der Waals surface area contributed by atoms with Crippen LogP contribution >= 0.6 is 23.2 Å². The summed E-state index contributed by atoms with van der Waals surface area (Å²) in [5, 5.41) is 12.9. The van der Waals surface area contributed by atoms with Gasteiger partial charge in [-0.15, -0.1) is 0 Å². The molecule has 0 aliphatic carbocycles. The number of aliphatic carboxylic acids is 1. The summed E-state index contributed by atoms with van der Waals surface area (Å²) in [6.07, 6.45) is 1.78. The van der Waals surface area contributed by atoms with Gasteiger partial charge in [-0.2, -0.15) is 0 Å². The van der Waals surface area contributed by atoms with Crippen molar-refractivity contribution >= 4 is 35.2 Å². The van der Waals surface area contributed by atoms with E-state index in [0.717, 1.165) is 5.56 Å². The van der Waals surface area contributed by atoms with E-state index in [0.29, 0.717) is 42.4 Å². The monoisotopic (exact) mass is 330 g/mol. The van der Waals surface area contributed by atoms with Crippen molar-refractivity contribution in [2.24, 2.45) is 0 Å². The Morgan fingerprint density at radius 1 is 1.38 bits per heavy atom. The third-order valence-electron chi connectivity index (χ3n) is 3.48. The van der Waals surface area contributed by atoms with Crippen molar-refractivity contribution in [3.8, 4) is 0 Å². The van der Waals surface area contributed by atoms with Crippen molar-refractivity contribution in [3.05, 3.63) is 33.8 Å². The van der Waals surface area contributed by atoms with Crippen molar-refractivity contribution in [2.45, 2.75) is 25.3 Å². The molecule has 0 aromatic heterocycles. The smallest absolute Gasteiger partial charge is 0.326 e. The molecule has 2 amide bonds. The quantitative estimate of drug-likeness (QED) is 0.891. The van der Waals surface area contributed by atoms with Crippen LogP contribution in [0.25, 0.3) is 0 Å². The number of hydrogen-bond donors (Lipinski definition) is 2. The highest BCUT2D eigenvalue weighted by Gasteiger charge is 2.33. The lowest BCUT2D eigenvalue weighted by molar-refractivity contribution is -0.141. The van der Waals surface area contributed by atoms with E-state index in [1.54, 1.807) is 12.1 Å². The number of rotatable bonds is 4. The highest BCUT2D eigenvalue weighted by atomic mass is 35.5. The Hall–Kier alpha value is -1.46. The number of halogens is 2. The first-order valence-electron chi connectivity index (χ1n) is 6.70. The molecule has 2 rings (SSSR count). The molecule has 1 saturated heterocycles. The Morgan fingerprint density at radius 3 is 2.81 bits per heavy atom. The number of carbonyl (C=O) groups is 2. The van der Waals surface area contributed by atoms with Crippen LogP contribution < -0.4 is 5.32 Å². The maximum absolute atomic E-state index is 12.0. The summed E-state index contributed by atoms with van der Waals surface area (Å²) in [5.74, 6) is -0.955. The van der Waals surface area contributed by atoms with Crippen LogP contribution in [0.3, 0.4) is 0 Å². The first-order chi connectivity index (χ1) is 9.99. The number of hydrogen-bond acceptors (Lipinski definition) is 2. The van der Waals surface area contributed by atoms with E-state index in [1.807, 2.05) is 6.07 Å². The van der Waals surface area contributed by atoms with Gasteiger partial charge < -0.3 is 15.3 Å². The molecule has 0 bridgehead atoms. The molecule has 1 aromatic rings. The second kappa shape index (κ2) is 7.00. The predicted molar refractivity (Wildman–Crippen MR) is 80.9 cm³/mol. The first kappa shape index (κ1) is 15.9. The lowest BCUT2D eigenvalue weighted by Gasteiger charge is -2.21. The summed E-state index contributed by atoms with van der Waals surface area (Å²) < 4.78 is 0. The second-order valence-corrected chi connectivity index (χ2v) is 5.75. The zero-order valence-electron chi connectivity index (χ0n) is 11.3. The van der Waals surface area contributed by atoms with E-state index in [-0.39, 0.29) is 6.03 Å². The van der Waals surface area contributed by atoms with E-state index >= 15 is 0 Å². The molecule has 1 heterocycles. The van der Waals surface area contributed by atoms with E-state index in [2.05, 4.69) is 5.32 Å². The number of carboxylic acid groups (broad SMARTS) is 1. The summed E-state index contributed by atoms with van der Waals surface area (Å²) in [5.41, 5.74) is 0.887. The highest BCUT2D eigenvalue weighted by Crippen LogP contribution is 2.21. The van der Waals surface area contributed by atoms with Gasteiger partial charge in [0, 0.05) is 23.1 Å². The second-order valence-electron chi connectivity index (χ2n) is 4.91. The molecule has 1 atom stereocenters. The molecule has 2 N–H and O–H groups in total. The lowest BCUT2D eigenvalue weighted by Crippen LogP contribution is -2.46. The average molecular weight is 331 g/mol. The largest absolute Gasteiger partial charge is 0.480 e. The summed E-state index contributed by atoms with van der Waals surface area (Å²) >= 11 is 11.9. The highest BCUT2D eigenvalue weighted by molar-refractivity contribution is 6.35. The van der Waals surface area contributed by atoms with Gasteiger partial charge in [-0.1, -0.05) is 29.3 Å². The summed E-state index contributed by atoms with van der Waals surface area (Å²) in [4.78, 5) is 24.4. The van der Waals surface area contributed by atoms with Crippen molar-refractivity contribution < 1.29 is 14.7 Å². The van der Waals surface area contributed by atoms with Crippen LogP contribution in [0.1, 0.15) is 18.4 Å². The van der Waals surface area contributed by atoms with Crippen molar-refractivity contribution in [2.75, 3.05) is 13.1 Å². The third-order valence-corrected chi connectivity index (χ3v) is 4.07. The summed E-state index contributed by atoms with van der Waals surface area (Å²) in [7, 11) is 0. The van der Waals surface area contributed by atoms with E-state index in [9.17, 15) is 9.59 Å². The van der Waals surface area contributed by atoms with Crippen LogP contribution in [0, 0.1) is 0 Å². The van der Waals surface area contributed by atoms with Crippen LogP contribution in [0.4, 0.5) is 4.79 Å². The van der Waals surface area contributed by atoms with Gasteiger partial charge >= 0.3 is 12.0 Å². The molecule has 1 fully saturated rings. The lowest BCUT2D eigenvalue weighted by atomic mass is 10.1. The number of amides is 2. The molecule has 114 valence electrons. The standard InChI is InChI=1S/C14H16Cl2N2O3/c15-10-4-3-9(11(16)8-10)5-6-17-14(21)18-7-1-2-12(18)13(19)20/h3-4,8,12H,1-2,5-7H2,(H,17,21)(H,19,20)/t12-/m1/s1. The van der Waals surface area contributed by atoms with Crippen molar-refractivity contribution in [1.82, 2.24) is 10.2 Å². The van der Waals surface area contributed by atoms with Crippen molar-refractivity contribution in [1.29, 1.82) is 0 Å². The predicted octanol–water partition coefficient (Wildman–Crippen LogP) is 2.79. The molecule has 1 aliphatic rings. The normalized spacial score (nSPS) is 17.8. The Morgan fingerprint density at radius 2 is 2.14 bits per heavy atom. The molecule has 0 saturated carbocycles. The van der Waals surface area contributed by atoms with E-state index in [1.165, 1.54) is 4.90 Å². The molecule has 1 aromatic carbocycles. The number of nitrogens with zero attached hydrogens (tertiary/aromatic N) is 1. The molecular formula is C14H16Cl2N2O3. The number of nitrogens with one attached hydrogen (secondary N) is 1. The Bertz CT molecular complexity index is 551. The minimum Gasteiger partial charge on any atom is -0.480 e. The summed E-state index contributed by atoms with van der Waals surface area (Å²) in [6.45, 7) is 0.869. The van der Waals surface area contributed by atoms with Crippen LogP contribution in [-0.2, 0) is 11.2 Å². The molecule has 7 heteroatoms. The number of carbonyl (C=O) groups excluding carboxylic acids is 1. The molecule has 21 heavy (non-hydrogen) atoms. The van der Waals surface area contributed by atoms with Gasteiger partial charge in [0.05, 0.1) is 0 Å². The number of urea groups is 1. The third kappa shape index (κ3) is 4.02. The van der Waals surface area contributed by atoms with Gasteiger partial charge in [0.25, 0.3) is 0 Å². The van der Waals surface area contributed by atoms with Gasteiger partial charge in [-0.25, -0.2) is 9.59 Å². The minimum absolute atomic E-state index is 0.343.